The molecule has 2 rings (SSSR count). The van der Waals surface area contributed by atoms with Crippen molar-refractivity contribution in [2.45, 2.75) is 19.9 Å². The first kappa shape index (κ1) is 11.7. The highest BCUT2D eigenvalue weighted by molar-refractivity contribution is 7.12. The first-order valence-corrected chi connectivity index (χ1v) is 6.22. The minimum Gasteiger partial charge on any atom is -0.384 e. The second-order valence-corrected chi connectivity index (χ2v) is 4.54. The lowest BCUT2D eigenvalue weighted by Crippen LogP contribution is -2.23. The summed E-state index contributed by atoms with van der Waals surface area (Å²) in [4.78, 5) is 12.7. The lowest BCUT2D eigenvalue weighted by Gasteiger charge is -2.04. The number of nitrogens with two attached hydrogens (primary N) is 1. The summed E-state index contributed by atoms with van der Waals surface area (Å²) in [5, 5.41) is 11.2. The van der Waals surface area contributed by atoms with Gasteiger partial charge in [-0.3, -0.25) is 9.89 Å². The molecule has 0 fully saturated rings. The molecule has 0 aromatic carbocycles. The summed E-state index contributed by atoms with van der Waals surface area (Å²) in [5.41, 5.74) is 7.51. The van der Waals surface area contributed by atoms with Crippen LogP contribution in [0.3, 0.4) is 0 Å². The van der Waals surface area contributed by atoms with Crippen LogP contribution in [0.4, 0.5) is 5.82 Å². The highest BCUT2D eigenvalue weighted by Crippen LogP contribution is 2.17. The van der Waals surface area contributed by atoms with Gasteiger partial charge in [0.15, 0.2) is 0 Å². The topological polar surface area (TPSA) is 83.8 Å². The molecule has 5 nitrogen and oxygen atoms in total. The minimum absolute atomic E-state index is 0.0579. The number of carbonyl (C=O) groups is 1. The van der Waals surface area contributed by atoms with Gasteiger partial charge in [-0.25, -0.2) is 0 Å². The molecule has 0 aliphatic heterocycles. The number of nitrogen functional groups attached to an aromatic ring is 1. The first-order valence-electron chi connectivity index (χ1n) is 5.34. The number of nitrogens with one attached hydrogen (secondary N) is 2. The maximum absolute atomic E-state index is 11.9. The average Bonchev–Trinajstić information content (AvgIpc) is 2.94. The standard InChI is InChI=1S/C11H14N4OS/c1-2-7-3-4-17-9(7)11(16)13-5-8-6-14-15-10(8)12/h3-4,6H,2,5H2,1H3,(H,13,16)(H3,12,14,15). The predicted molar refractivity (Wildman–Crippen MR) is 67.9 cm³/mol. The van der Waals surface area contributed by atoms with Gasteiger partial charge in [0, 0.05) is 12.1 Å². The zero-order valence-electron chi connectivity index (χ0n) is 9.49. The minimum atomic E-state index is -0.0579. The molecule has 0 aliphatic rings. The molecule has 1 amide bonds. The molecule has 2 aromatic heterocycles. The number of aryl methyl sites for hydroxylation is 1. The quantitative estimate of drug-likeness (QED) is 0.769. The van der Waals surface area contributed by atoms with Crippen LogP contribution in [0.5, 0.6) is 0 Å². The molecule has 90 valence electrons. The van der Waals surface area contributed by atoms with Gasteiger partial charge < -0.3 is 11.1 Å². The maximum atomic E-state index is 11.9. The van der Waals surface area contributed by atoms with Crippen molar-refractivity contribution in [1.29, 1.82) is 0 Å². The van der Waals surface area contributed by atoms with Gasteiger partial charge in [-0.05, 0) is 23.4 Å². The second-order valence-electron chi connectivity index (χ2n) is 3.62. The Labute approximate surface area is 103 Å². The molecule has 0 atom stereocenters. The Bertz CT molecular complexity index is 517. The van der Waals surface area contributed by atoms with Gasteiger partial charge in [0.25, 0.3) is 5.91 Å². The number of aromatic amines is 1. The summed E-state index contributed by atoms with van der Waals surface area (Å²) in [5.74, 6) is 0.435. The van der Waals surface area contributed by atoms with E-state index in [1.807, 2.05) is 18.4 Å². The Morgan fingerprint density at radius 2 is 2.41 bits per heavy atom. The largest absolute Gasteiger partial charge is 0.384 e. The van der Waals surface area contributed by atoms with Crippen molar-refractivity contribution in [2.24, 2.45) is 0 Å². The number of carbonyl (C=O) groups excluding carboxylic acids is 1. The van der Waals surface area contributed by atoms with E-state index in [0.717, 1.165) is 22.4 Å². The molecule has 0 unspecified atom stereocenters. The molecule has 0 spiro atoms. The molecule has 0 saturated carbocycles. The summed E-state index contributed by atoms with van der Waals surface area (Å²) < 4.78 is 0. The van der Waals surface area contributed by atoms with Crippen LogP contribution in [0, 0.1) is 0 Å². The molecular weight excluding hydrogens is 236 g/mol. The lowest BCUT2D eigenvalue weighted by atomic mass is 10.2. The van der Waals surface area contributed by atoms with E-state index >= 15 is 0 Å². The SMILES string of the molecule is CCc1ccsc1C(=O)NCc1cn[nH]c1N. The molecule has 0 aliphatic carbocycles. The molecule has 2 aromatic rings. The zero-order valence-corrected chi connectivity index (χ0v) is 10.3. The molecule has 2 heterocycles. The average molecular weight is 250 g/mol. The van der Waals surface area contributed by atoms with Crippen molar-refractivity contribution in [3.63, 3.8) is 0 Å². The predicted octanol–water partition coefficient (Wildman–Crippen LogP) is 1.55. The number of aromatic nitrogens is 2. The highest BCUT2D eigenvalue weighted by Gasteiger charge is 2.12. The van der Waals surface area contributed by atoms with Crippen LogP contribution < -0.4 is 11.1 Å². The normalized spacial score (nSPS) is 10.4. The van der Waals surface area contributed by atoms with Gasteiger partial charge >= 0.3 is 0 Å². The number of rotatable bonds is 4. The van der Waals surface area contributed by atoms with E-state index in [-0.39, 0.29) is 5.91 Å². The third-order valence-electron chi connectivity index (χ3n) is 2.52. The number of anilines is 1. The summed E-state index contributed by atoms with van der Waals surface area (Å²) in [6.45, 7) is 2.43. The van der Waals surface area contributed by atoms with E-state index in [1.165, 1.54) is 11.3 Å². The monoisotopic (exact) mass is 250 g/mol. The van der Waals surface area contributed by atoms with Gasteiger partial charge in [0.2, 0.25) is 0 Å². The van der Waals surface area contributed by atoms with Crippen molar-refractivity contribution >= 4 is 23.1 Å². The van der Waals surface area contributed by atoms with E-state index in [4.69, 9.17) is 5.73 Å². The number of amides is 1. The van der Waals surface area contributed by atoms with Crippen LogP contribution in [0.15, 0.2) is 17.6 Å². The third kappa shape index (κ3) is 2.47. The number of nitrogens with zero attached hydrogens (tertiary/aromatic N) is 1. The van der Waals surface area contributed by atoms with E-state index in [1.54, 1.807) is 6.20 Å². The summed E-state index contributed by atoms with van der Waals surface area (Å²) >= 11 is 1.46. The van der Waals surface area contributed by atoms with E-state index in [2.05, 4.69) is 15.5 Å². The Balaban J connectivity index is 2.01. The molecule has 17 heavy (non-hydrogen) atoms. The van der Waals surface area contributed by atoms with Crippen molar-refractivity contribution in [2.75, 3.05) is 5.73 Å². The van der Waals surface area contributed by atoms with Crippen molar-refractivity contribution < 1.29 is 4.79 Å². The fraction of sp³-hybridized carbons (Fsp3) is 0.273. The Morgan fingerprint density at radius 3 is 3.06 bits per heavy atom. The van der Waals surface area contributed by atoms with E-state index < -0.39 is 0 Å². The fourth-order valence-electron chi connectivity index (χ4n) is 1.53. The summed E-state index contributed by atoms with van der Waals surface area (Å²) in [7, 11) is 0. The molecule has 0 saturated heterocycles. The van der Waals surface area contributed by atoms with Gasteiger partial charge in [-0.2, -0.15) is 5.10 Å². The Morgan fingerprint density at radius 1 is 1.59 bits per heavy atom. The number of hydrogen-bond donors (Lipinski definition) is 3. The molecule has 6 heteroatoms. The zero-order chi connectivity index (χ0) is 12.3. The first-order chi connectivity index (χ1) is 8.22. The van der Waals surface area contributed by atoms with Gasteiger partial charge in [0.05, 0.1) is 11.1 Å². The lowest BCUT2D eigenvalue weighted by molar-refractivity contribution is 0.0954. The van der Waals surface area contributed by atoms with Crippen LogP contribution in [0.2, 0.25) is 0 Å². The molecule has 0 radical (unpaired) electrons. The third-order valence-corrected chi connectivity index (χ3v) is 3.48. The highest BCUT2D eigenvalue weighted by atomic mass is 32.1. The van der Waals surface area contributed by atoms with Crippen molar-refractivity contribution in [1.82, 2.24) is 15.5 Å². The Hall–Kier alpha value is -1.82. The van der Waals surface area contributed by atoms with E-state index in [9.17, 15) is 4.79 Å². The van der Waals surface area contributed by atoms with Crippen LogP contribution in [0.25, 0.3) is 0 Å². The second kappa shape index (κ2) is 5.01. The fourth-order valence-corrected chi connectivity index (χ4v) is 2.44. The summed E-state index contributed by atoms with van der Waals surface area (Å²) in [6, 6.07) is 1.98. The van der Waals surface area contributed by atoms with Crippen molar-refractivity contribution in [3.05, 3.63) is 33.6 Å². The Kier molecular flexibility index (Phi) is 3.43. The number of H-pyrrole nitrogens is 1. The maximum Gasteiger partial charge on any atom is 0.261 e. The van der Waals surface area contributed by atoms with E-state index in [0.29, 0.717) is 12.4 Å². The smallest absolute Gasteiger partial charge is 0.261 e. The number of hydrogen-bond acceptors (Lipinski definition) is 4. The van der Waals surface area contributed by atoms with Gasteiger partial charge in [-0.1, -0.05) is 6.92 Å². The van der Waals surface area contributed by atoms with Gasteiger partial charge in [-0.15, -0.1) is 11.3 Å². The van der Waals surface area contributed by atoms with Crippen LogP contribution in [0.1, 0.15) is 27.7 Å². The van der Waals surface area contributed by atoms with Crippen LogP contribution in [-0.4, -0.2) is 16.1 Å². The van der Waals surface area contributed by atoms with Crippen LogP contribution >= 0.6 is 11.3 Å². The van der Waals surface area contributed by atoms with Gasteiger partial charge in [0.1, 0.15) is 5.82 Å². The molecule has 4 N–H and O–H groups in total. The summed E-state index contributed by atoms with van der Waals surface area (Å²) in [6.07, 6.45) is 2.48. The van der Waals surface area contributed by atoms with Crippen LogP contribution in [-0.2, 0) is 13.0 Å². The number of thiophene rings is 1. The molecule has 0 bridgehead atoms. The molecular formula is C11H14N4OS. The van der Waals surface area contributed by atoms with Crippen molar-refractivity contribution in [3.8, 4) is 0 Å².